The van der Waals surface area contributed by atoms with Crippen molar-refractivity contribution in [2.24, 2.45) is 0 Å². The molecule has 0 aliphatic heterocycles. The van der Waals surface area contributed by atoms with Gasteiger partial charge in [-0.25, -0.2) is 4.79 Å². The van der Waals surface area contributed by atoms with Gasteiger partial charge in [0, 0.05) is 15.8 Å². The summed E-state index contributed by atoms with van der Waals surface area (Å²) in [7, 11) is 0. The Kier molecular flexibility index (Phi) is 5.51. The van der Waals surface area contributed by atoms with Crippen molar-refractivity contribution >= 4 is 29.4 Å². The lowest BCUT2D eigenvalue weighted by atomic mass is 10.3. The Bertz CT molecular complexity index is 418. The molecule has 98 valence electrons. The van der Waals surface area contributed by atoms with E-state index in [1.165, 1.54) is 0 Å². The maximum Gasteiger partial charge on any atom is 0.323 e. The van der Waals surface area contributed by atoms with Gasteiger partial charge in [-0.3, -0.25) is 4.79 Å². The highest BCUT2D eigenvalue weighted by Gasteiger charge is 2.04. The molecule has 2 amide bonds. The van der Waals surface area contributed by atoms with Gasteiger partial charge >= 0.3 is 12.0 Å². The van der Waals surface area contributed by atoms with Crippen LogP contribution in [-0.2, 0) is 4.79 Å². The molecule has 1 rings (SSSR count). The molecule has 0 saturated heterocycles. The highest BCUT2D eigenvalue weighted by Crippen LogP contribution is 2.23. The Balaban J connectivity index is 2.48. The van der Waals surface area contributed by atoms with E-state index in [9.17, 15) is 9.59 Å². The molecule has 18 heavy (non-hydrogen) atoms. The van der Waals surface area contributed by atoms with Crippen LogP contribution < -0.4 is 10.6 Å². The number of aliphatic carboxylic acids is 1. The fourth-order valence-corrected chi connectivity index (χ4v) is 2.06. The zero-order chi connectivity index (χ0) is 13.5. The number of thioether (sulfide) groups is 1. The first-order valence-corrected chi connectivity index (χ1v) is 6.38. The average Bonchev–Trinajstić information content (AvgIpc) is 2.28. The summed E-state index contributed by atoms with van der Waals surface area (Å²) in [6.45, 7) is 3.82. The molecule has 0 radical (unpaired) electrons. The summed E-state index contributed by atoms with van der Waals surface area (Å²) in [6.07, 6.45) is 0. The summed E-state index contributed by atoms with van der Waals surface area (Å²) in [5.74, 6) is -1.08. The number of urea groups is 1. The lowest BCUT2D eigenvalue weighted by Gasteiger charge is -2.08. The molecule has 0 aliphatic carbocycles. The molecule has 0 spiro atoms. The van der Waals surface area contributed by atoms with Gasteiger partial charge in [0.2, 0.25) is 0 Å². The highest BCUT2D eigenvalue weighted by atomic mass is 32.2. The van der Waals surface area contributed by atoms with Gasteiger partial charge in [-0.2, -0.15) is 0 Å². The number of carbonyl (C=O) groups is 2. The SMILES string of the molecule is CC(C)Sc1ccc(NC(=O)NCC(=O)O)cc1. The fourth-order valence-electron chi connectivity index (χ4n) is 1.22. The van der Waals surface area contributed by atoms with Crippen LogP contribution in [0.25, 0.3) is 0 Å². The number of hydrogen-bond acceptors (Lipinski definition) is 3. The van der Waals surface area contributed by atoms with Gasteiger partial charge in [-0.15, -0.1) is 11.8 Å². The molecule has 1 aromatic carbocycles. The van der Waals surface area contributed by atoms with Crippen LogP contribution in [0.1, 0.15) is 13.8 Å². The zero-order valence-corrected chi connectivity index (χ0v) is 11.1. The van der Waals surface area contributed by atoms with Crippen molar-refractivity contribution < 1.29 is 14.7 Å². The van der Waals surface area contributed by atoms with E-state index >= 15 is 0 Å². The minimum atomic E-state index is -1.08. The zero-order valence-electron chi connectivity index (χ0n) is 10.3. The molecule has 5 nitrogen and oxygen atoms in total. The normalized spacial score (nSPS) is 10.2. The topological polar surface area (TPSA) is 78.4 Å². The Labute approximate surface area is 110 Å². The lowest BCUT2D eigenvalue weighted by Crippen LogP contribution is -2.33. The van der Waals surface area contributed by atoms with Crippen LogP contribution in [-0.4, -0.2) is 28.9 Å². The molecule has 0 atom stereocenters. The van der Waals surface area contributed by atoms with Crippen molar-refractivity contribution in [1.82, 2.24) is 5.32 Å². The quantitative estimate of drug-likeness (QED) is 0.716. The molecule has 3 N–H and O–H groups in total. The van der Waals surface area contributed by atoms with E-state index in [2.05, 4.69) is 24.5 Å². The summed E-state index contributed by atoms with van der Waals surface area (Å²) >= 11 is 1.73. The predicted molar refractivity (Wildman–Crippen MR) is 72.1 cm³/mol. The number of rotatable bonds is 5. The van der Waals surface area contributed by atoms with Crippen LogP contribution in [0.3, 0.4) is 0 Å². The van der Waals surface area contributed by atoms with Gasteiger partial charge in [-0.05, 0) is 24.3 Å². The van der Waals surface area contributed by atoms with E-state index in [0.29, 0.717) is 10.9 Å². The summed E-state index contributed by atoms with van der Waals surface area (Å²) in [4.78, 5) is 22.7. The van der Waals surface area contributed by atoms with Gasteiger partial charge in [0.1, 0.15) is 6.54 Å². The summed E-state index contributed by atoms with van der Waals surface area (Å²) < 4.78 is 0. The van der Waals surface area contributed by atoms with Gasteiger partial charge < -0.3 is 15.7 Å². The molecular formula is C12H16N2O3S. The first kappa shape index (κ1) is 14.4. The molecule has 0 bridgehead atoms. The van der Waals surface area contributed by atoms with Crippen LogP contribution in [0.5, 0.6) is 0 Å². The second kappa shape index (κ2) is 6.90. The van der Waals surface area contributed by atoms with E-state index in [1.54, 1.807) is 23.9 Å². The highest BCUT2D eigenvalue weighted by molar-refractivity contribution is 7.99. The third-order valence-electron chi connectivity index (χ3n) is 1.88. The summed E-state index contributed by atoms with van der Waals surface area (Å²) in [6, 6.07) is 6.87. The van der Waals surface area contributed by atoms with E-state index in [0.717, 1.165) is 4.90 Å². The van der Waals surface area contributed by atoms with Crippen LogP contribution in [0.15, 0.2) is 29.2 Å². The second-order valence-electron chi connectivity index (χ2n) is 3.89. The monoisotopic (exact) mass is 268 g/mol. The molecule has 0 fully saturated rings. The summed E-state index contributed by atoms with van der Waals surface area (Å²) in [5.41, 5.74) is 0.631. The predicted octanol–water partition coefficient (Wildman–Crippen LogP) is 2.39. The number of anilines is 1. The average molecular weight is 268 g/mol. The Hall–Kier alpha value is -1.69. The third kappa shape index (κ3) is 5.58. The summed E-state index contributed by atoms with van der Waals surface area (Å²) in [5, 5.41) is 13.7. The van der Waals surface area contributed by atoms with Gasteiger partial charge in [0.15, 0.2) is 0 Å². The van der Waals surface area contributed by atoms with Crippen LogP contribution in [0.2, 0.25) is 0 Å². The largest absolute Gasteiger partial charge is 0.480 e. The van der Waals surface area contributed by atoms with E-state index < -0.39 is 18.5 Å². The maximum absolute atomic E-state index is 11.3. The Morgan fingerprint density at radius 2 is 1.89 bits per heavy atom. The van der Waals surface area contributed by atoms with Crippen LogP contribution >= 0.6 is 11.8 Å². The van der Waals surface area contributed by atoms with Crippen molar-refractivity contribution in [3.63, 3.8) is 0 Å². The van der Waals surface area contributed by atoms with E-state index in [4.69, 9.17) is 5.11 Å². The molecule has 0 aliphatic rings. The number of amides is 2. The van der Waals surface area contributed by atoms with Crippen molar-refractivity contribution in [1.29, 1.82) is 0 Å². The van der Waals surface area contributed by atoms with E-state index in [1.807, 2.05) is 12.1 Å². The molecule has 0 saturated carbocycles. The van der Waals surface area contributed by atoms with Crippen molar-refractivity contribution in [3.8, 4) is 0 Å². The fraction of sp³-hybridized carbons (Fsp3) is 0.333. The lowest BCUT2D eigenvalue weighted by molar-refractivity contribution is -0.135. The van der Waals surface area contributed by atoms with Gasteiger partial charge in [0.25, 0.3) is 0 Å². The number of carboxylic acid groups (broad SMARTS) is 1. The molecular weight excluding hydrogens is 252 g/mol. The molecule has 1 aromatic rings. The molecule has 0 aromatic heterocycles. The smallest absolute Gasteiger partial charge is 0.323 e. The van der Waals surface area contributed by atoms with Gasteiger partial charge in [-0.1, -0.05) is 13.8 Å². The van der Waals surface area contributed by atoms with Crippen LogP contribution in [0, 0.1) is 0 Å². The standard InChI is InChI=1S/C12H16N2O3S/c1-8(2)18-10-5-3-9(4-6-10)14-12(17)13-7-11(15)16/h3-6,8H,7H2,1-2H3,(H,15,16)(H2,13,14,17). The Morgan fingerprint density at radius 3 is 2.39 bits per heavy atom. The first-order valence-electron chi connectivity index (χ1n) is 5.50. The molecule has 0 unspecified atom stereocenters. The number of hydrogen-bond donors (Lipinski definition) is 3. The number of carbonyl (C=O) groups excluding carboxylic acids is 1. The number of nitrogens with one attached hydrogen (secondary N) is 2. The second-order valence-corrected chi connectivity index (χ2v) is 5.54. The minimum absolute atomic E-state index is 0.396. The van der Waals surface area contributed by atoms with Crippen LogP contribution in [0.4, 0.5) is 10.5 Å². The third-order valence-corrected chi connectivity index (χ3v) is 2.90. The van der Waals surface area contributed by atoms with Crippen molar-refractivity contribution in [2.75, 3.05) is 11.9 Å². The van der Waals surface area contributed by atoms with Crippen molar-refractivity contribution in [3.05, 3.63) is 24.3 Å². The van der Waals surface area contributed by atoms with Crippen molar-refractivity contribution in [2.45, 2.75) is 24.0 Å². The molecule has 0 heterocycles. The van der Waals surface area contributed by atoms with E-state index in [-0.39, 0.29) is 0 Å². The maximum atomic E-state index is 11.3. The Morgan fingerprint density at radius 1 is 1.28 bits per heavy atom. The molecule has 6 heteroatoms. The first-order chi connectivity index (χ1) is 8.47. The van der Waals surface area contributed by atoms with Gasteiger partial charge in [0.05, 0.1) is 0 Å². The number of carboxylic acids is 1. The minimum Gasteiger partial charge on any atom is -0.480 e. The number of benzene rings is 1.